The number of amidine groups is 1. The van der Waals surface area contributed by atoms with E-state index in [0.29, 0.717) is 11.5 Å². The molecule has 1 unspecified atom stereocenters. The van der Waals surface area contributed by atoms with Crippen LogP contribution in [0.2, 0.25) is 0 Å². The summed E-state index contributed by atoms with van der Waals surface area (Å²) in [6.07, 6.45) is 3.63. The highest BCUT2D eigenvalue weighted by Gasteiger charge is 2.22. The predicted molar refractivity (Wildman–Crippen MR) is 76.7 cm³/mol. The summed E-state index contributed by atoms with van der Waals surface area (Å²) in [5.74, 6) is 1.67. The minimum absolute atomic E-state index is 0.126. The fourth-order valence-electron chi connectivity index (χ4n) is 2.63. The third kappa shape index (κ3) is 2.97. The lowest BCUT2D eigenvalue weighted by atomic mass is 9.95. The molecule has 3 N–H and O–H groups in total. The Morgan fingerprint density at radius 2 is 2.37 bits per heavy atom. The number of pyridine rings is 1. The fourth-order valence-corrected chi connectivity index (χ4v) is 2.63. The molecule has 1 aliphatic rings. The van der Waals surface area contributed by atoms with Crippen molar-refractivity contribution in [2.75, 3.05) is 18.0 Å². The molecule has 1 fully saturated rings. The topological polar surface area (TPSA) is 74.7 Å². The average Bonchev–Trinajstić information content (AvgIpc) is 2.46. The van der Waals surface area contributed by atoms with Gasteiger partial charge in [-0.05, 0) is 37.8 Å². The zero-order valence-electron chi connectivity index (χ0n) is 11.6. The summed E-state index contributed by atoms with van der Waals surface area (Å²) in [6, 6.07) is 3.76. The SMILES string of the molecule is CCC1CCCN(c2nc(C)ccc2C(N)=NO)C1. The van der Waals surface area contributed by atoms with Gasteiger partial charge in [-0.2, -0.15) is 0 Å². The van der Waals surface area contributed by atoms with Gasteiger partial charge in [-0.25, -0.2) is 4.98 Å². The van der Waals surface area contributed by atoms with Gasteiger partial charge in [0.1, 0.15) is 5.82 Å². The molecule has 1 saturated heterocycles. The molecule has 1 aromatic rings. The molecular formula is C14H22N4O. The average molecular weight is 262 g/mol. The first kappa shape index (κ1) is 13.6. The Bertz CT molecular complexity index is 473. The van der Waals surface area contributed by atoms with Crippen LogP contribution in [0.5, 0.6) is 0 Å². The van der Waals surface area contributed by atoms with Gasteiger partial charge in [0.05, 0.1) is 5.56 Å². The maximum atomic E-state index is 8.90. The van der Waals surface area contributed by atoms with E-state index in [9.17, 15) is 0 Å². The van der Waals surface area contributed by atoms with Crippen molar-refractivity contribution in [2.24, 2.45) is 16.8 Å². The van der Waals surface area contributed by atoms with Crippen LogP contribution in [0.3, 0.4) is 0 Å². The summed E-state index contributed by atoms with van der Waals surface area (Å²) in [6.45, 7) is 6.17. The molecule has 0 aromatic carbocycles. The molecule has 1 aliphatic heterocycles. The second kappa shape index (κ2) is 5.91. The van der Waals surface area contributed by atoms with E-state index < -0.39 is 0 Å². The number of nitrogens with two attached hydrogens (primary N) is 1. The molecule has 5 heteroatoms. The van der Waals surface area contributed by atoms with Gasteiger partial charge >= 0.3 is 0 Å². The van der Waals surface area contributed by atoms with Gasteiger partial charge in [-0.15, -0.1) is 0 Å². The van der Waals surface area contributed by atoms with Gasteiger partial charge in [0.25, 0.3) is 0 Å². The summed E-state index contributed by atoms with van der Waals surface area (Å²) in [5.41, 5.74) is 7.41. The Labute approximate surface area is 114 Å². The standard InChI is InChI=1S/C14H22N4O/c1-3-11-5-4-8-18(9-11)14-12(13(15)17-19)7-6-10(2)16-14/h6-7,11,19H,3-5,8-9H2,1-2H3,(H2,15,17). The molecule has 1 atom stereocenters. The van der Waals surface area contributed by atoms with Crippen molar-refractivity contribution >= 4 is 11.7 Å². The number of hydrogen-bond donors (Lipinski definition) is 2. The van der Waals surface area contributed by atoms with Crippen molar-refractivity contribution in [3.63, 3.8) is 0 Å². The van der Waals surface area contributed by atoms with E-state index in [4.69, 9.17) is 10.9 Å². The van der Waals surface area contributed by atoms with Gasteiger partial charge in [-0.1, -0.05) is 18.5 Å². The Kier molecular flexibility index (Phi) is 4.24. The molecular weight excluding hydrogens is 240 g/mol. The highest BCUT2D eigenvalue weighted by molar-refractivity contribution is 6.01. The van der Waals surface area contributed by atoms with E-state index >= 15 is 0 Å². The number of nitrogens with zero attached hydrogens (tertiary/aromatic N) is 3. The molecule has 1 aromatic heterocycles. The highest BCUT2D eigenvalue weighted by atomic mass is 16.4. The molecule has 0 aliphatic carbocycles. The van der Waals surface area contributed by atoms with Crippen LogP contribution in [0.15, 0.2) is 17.3 Å². The molecule has 2 heterocycles. The third-order valence-corrected chi connectivity index (χ3v) is 3.79. The minimum atomic E-state index is 0.126. The third-order valence-electron chi connectivity index (χ3n) is 3.79. The number of anilines is 1. The van der Waals surface area contributed by atoms with Crippen LogP contribution >= 0.6 is 0 Å². The number of aromatic nitrogens is 1. The van der Waals surface area contributed by atoms with Crippen LogP contribution in [-0.4, -0.2) is 29.1 Å². The lowest BCUT2D eigenvalue weighted by Crippen LogP contribution is -2.37. The smallest absolute Gasteiger partial charge is 0.173 e. The van der Waals surface area contributed by atoms with Crippen molar-refractivity contribution in [3.8, 4) is 0 Å². The Morgan fingerprint density at radius 1 is 1.58 bits per heavy atom. The molecule has 0 amide bonds. The van der Waals surface area contributed by atoms with E-state index in [0.717, 1.165) is 24.6 Å². The Hall–Kier alpha value is -1.78. The summed E-state index contributed by atoms with van der Waals surface area (Å²) in [4.78, 5) is 6.85. The number of oxime groups is 1. The van der Waals surface area contributed by atoms with Crippen molar-refractivity contribution in [1.29, 1.82) is 0 Å². The monoisotopic (exact) mass is 262 g/mol. The van der Waals surface area contributed by atoms with Crippen LogP contribution in [0.1, 0.15) is 37.4 Å². The molecule has 0 radical (unpaired) electrons. The van der Waals surface area contributed by atoms with Crippen LogP contribution in [0, 0.1) is 12.8 Å². The first-order valence-electron chi connectivity index (χ1n) is 6.86. The molecule has 5 nitrogen and oxygen atoms in total. The quantitative estimate of drug-likeness (QED) is 0.378. The lowest BCUT2D eigenvalue weighted by molar-refractivity contribution is 0.318. The van der Waals surface area contributed by atoms with Gasteiger partial charge in [-0.3, -0.25) is 0 Å². The second-order valence-electron chi connectivity index (χ2n) is 5.17. The summed E-state index contributed by atoms with van der Waals surface area (Å²) in [7, 11) is 0. The lowest BCUT2D eigenvalue weighted by Gasteiger charge is -2.34. The highest BCUT2D eigenvalue weighted by Crippen LogP contribution is 2.26. The maximum Gasteiger partial charge on any atom is 0.173 e. The largest absolute Gasteiger partial charge is 0.409 e. The van der Waals surface area contributed by atoms with Crippen LogP contribution in [-0.2, 0) is 0 Å². The predicted octanol–water partition coefficient (Wildman–Crippen LogP) is 2.11. The number of rotatable bonds is 3. The minimum Gasteiger partial charge on any atom is -0.409 e. The summed E-state index contributed by atoms with van der Waals surface area (Å²) in [5, 5.41) is 12.0. The van der Waals surface area contributed by atoms with Crippen LogP contribution in [0.25, 0.3) is 0 Å². The number of hydrogen-bond acceptors (Lipinski definition) is 4. The van der Waals surface area contributed by atoms with E-state index in [2.05, 4.69) is 22.0 Å². The number of aryl methyl sites for hydroxylation is 1. The Balaban J connectivity index is 2.34. The van der Waals surface area contributed by atoms with Crippen molar-refractivity contribution < 1.29 is 5.21 Å². The molecule has 0 spiro atoms. The second-order valence-corrected chi connectivity index (χ2v) is 5.17. The van der Waals surface area contributed by atoms with Crippen molar-refractivity contribution in [2.45, 2.75) is 33.1 Å². The van der Waals surface area contributed by atoms with Crippen LogP contribution < -0.4 is 10.6 Å². The normalized spacial score (nSPS) is 20.6. The Morgan fingerprint density at radius 3 is 3.05 bits per heavy atom. The van der Waals surface area contributed by atoms with E-state index in [1.807, 2.05) is 19.1 Å². The van der Waals surface area contributed by atoms with Gasteiger partial charge in [0, 0.05) is 18.8 Å². The first-order chi connectivity index (χ1) is 9.15. The van der Waals surface area contributed by atoms with E-state index in [1.165, 1.54) is 19.3 Å². The van der Waals surface area contributed by atoms with E-state index in [1.54, 1.807) is 0 Å². The summed E-state index contributed by atoms with van der Waals surface area (Å²) >= 11 is 0. The number of piperidine rings is 1. The molecule has 0 bridgehead atoms. The maximum absolute atomic E-state index is 8.90. The summed E-state index contributed by atoms with van der Waals surface area (Å²) < 4.78 is 0. The molecule has 104 valence electrons. The van der Waals surface area contributed by atoms with Gasteiger partial charge < -0.3 is 15.8 Å². The molecule has 19 heavy (non-hydrogen) atoms. The zero-order chi connectivity index (χ0) is 13.8. The van der Waals surface area contributed by atoms with Crippen LogP contribution in [0.4, 0.5) is 5.82 Å². The molecule has 0 saturated carbocycles. The van der Waals surface area contributed by atoms with Crippen molar-refractivity contribution in [1.82, 2.24) is 4.98 Å². The van der Waals surface area contributed by atoms with Gasteiger partial charge in [0.15, 0.2) is 5.84 Å². The first-order valence-corrected chi connectivity index (χ1v) is 6.86. The van der Waals surface area contributed by atoms with Gasteiger partial charge in [0.2, 0.25) is 0 Å². The van der Waals surface area contributed by atoms with E-state index in [-0.39, 0.29) is 5.84 Å². The zero-order valence-corrected chi connectivity index (χ0v) is 11.6. The molecule has 2 rings (SSSR count). The van der Waals surface area contributed by atoms with Crippen molar-refractivity contribution in [3.05, 3.63) is 23.4 Å². The fraction of sp³-hybridized carbons (Fsp3) is 0.571.